The molecule has 0 bridgehead atoms. The molecule has 0 radical (unpaired) electrons. The molecule has 0 aliphatic heterocycles. The van der Waals surface area contributed by atoms with E-state index in [-0.39, 0.29) is 17.2 Å². The highest BCUT2D eigenvalue weighted by atomic mass is 19.3. The average molecular weight is 579 g/mol. The lowest BCUT2D eigenvalue weighted by atomic mass is 10.1. The molecule has 3 heterocycles. The summed E-state index contributed by atoms with van der Waals surface area (Å²) in [6.07, 6.45) is 1.66. The highest BCUT2D eigenvalue weighted by molar-refractivity contribution is 5.89. The SMILES string of the molecule is O=c1nc(Nc2ccc3nn(CC(F)F)cc3c2)n(Cc2cc(F)c(F)c(F)c2)c(=O)n1-c1cncc2ccccc12. The first-order valence-corrected chi connectivity index (χ1v) is 12.4. The number of hydrogen-bond acceptors (Lipinski definition) is 6. The predicted octanol–water partition coefficient (Wildman–Crippen LogP) is 4.77. The van der Waals surface area contributed by atoms with Gasteiger partial charge in [-0.05, 0) is 35.9 Å². The maximum atomic E-state index is 14.1. The normalized spacial score (nSPS) is 11.6. The van der Waals surface area contributed by atoms with Crippen LogP contribution in [0.25, 0.3) is 27.4 Å². The zero-order valence-corrected chi connectivity index (χ0v) is 21.3. The van der Waals surface area contributed by atoms with Gasteiger partial charge in [0, 0.05) is 34.2 Å². The molecule has 0 saturated carbocycles. The number of halogens is 5. The maximum Gasteiger partial charge on any atom is 0.359 e. The topological polar surface area (TPSA) is 99.6 Å². The molecule has 9 nitrogen and oxygen atoms in total. The third-order valence-electron chi connectivity index (χ3n) is 6.48. The Labute approximate surface area is 232 Å². The Morgan fingerprint density at radius 1 is 0.905 bits per heavy atom. The Balaban J connectivity index is 1.50. The molecule has 0 spiro atoms. The molecule has 0 unspecified atom stereocenters. The third kappa shape index (κ3) is 4.98. The molecular formula is C28H18F5N7O2. The van der Waals surface area contributed by atoms with Gasteiger partial charge in [-0.2, -0.15) is 10.1 Å². The molecule has 6 rings (SSSR count). The molecule has 1 N–H and O–H groups in total. The highest BCUT2D eigenvalue weighted by Gasteiger charge is 2.19. The van der Waals surface area contributed by atoms with Crippen molar-refractivity contribution in [3.63, 3.8) is 0 Å². The van der Waals surface area contributed by atoms with Gasteiger partial charge < -0.3 is 5.32 Å². The van der Waals surface area contributed by atoms with Gasteiger partial charge in [-0.25, -0.2) is 36.1 Å². The van der Waals surface area contributed by atoms with Crippen molar-refractivity contribution in [1.82, 2.24) is 28.9 Å². The number of rotatable bonds is 7. The van der Waals surface area contributed by atoms with Crippen LogP contribution in [0.5, 0.6) is 0 Å². The van der Waals surface area contributed by atoms with E-state index in [0.29, 0.717) is 27.4 Å². The average Bonchev–Trinajstić information content (AvgIpc) is 3.34. The molecule has 42 heavy (non-hydrogen) atoms. The Morgan fingerprint density at radius 2 is 1.67 bits per heavy atom. The van der Waals surface area contributed by atoms with Crippen LogP contribution in [-0.4, -0.2) is 35.3 Å². The summed E-state index contributed by atoms with van der Waals surface area (Å²) in [6.45, 7) is -1.11. The molecule has 0 fully saturated rings. The van der Waals surface area contributed by atoms with Gasteiger partial charge in [-0.3, -0.25) is 14.2 Å². The fourth-order valence-electron chi connectivity index (χ4n) is 4.62. The van der Waals surface area contributed by atoms with Crippen molar-refractivity contribution in [2.75, 3.05) is 5.32 Å². The first-order valence-electron chi connectivity index (χ1n) is 12.4. The van der Waals surface area contributed by atoms with Crippen LogP contribution in [0, 0.1) is 17.5 Å². The molecule has 0 atom stereocenters. The molecule has 6 aromatic rings. The molecule has 14 heteroatoms. The van der Waals surface area contributed by atoms with Crippen LogP contribution in [0.2, 0.25) is 0 Å². The van der Waals surface area contributed by atoms with Crippen molar-refractivity contribution in [3.8, 4) is 5.69 Å². The number of pyridine rings is 1. The lowest BCUT2D eigenvalue weighted by molar-refractivity contribution is 0.122. The zero-order valence-electron chi connectivity index (χ0n) is 21.3. The number of anilines is 2. The van der Waals surface area contributed by atoms with Gasteiger partial charge >= 0.3 is 11.4 Å². The molecule has 0 amide bonds. The quantitative estimate of drug-likeness (QED) is 0.216. The molecular weight excluding hydrogens is 561 g/mol. The van der Waals surface area contributed by atoms with Crippen molar-refractivity contribution < 1.29 is 22.0 Å². The van der Waals surface area contributed by atoms with Crippen LogP contribution >= 0.6 is 0 Å². The van der Waals surface area contributed by atoms with Gasteiger partial charge in [0.1, 0.15) is 6.54 Å². The Morgan fingerprint density at radius 3 is 2.43 bits per heavy atom. The number of alkyl halides is 2. The summed E-state index contributed by atoms with van der Waals surface area (Å²) in [7, 11) is 0. The Kier molecular flexibility index (Phi) is 6.72. The third-order valence-corrected chi connectivity index (χ3v) is 6.48. The molecule has 3 aromatic carbocycles. The minimum Gasteiger partial charge on any atom is -0.325 e. The van der Waals surface area contributed by atoms with Gasteiger partial charge in [-0.15, -0.1) is 0 Å². The number of benzene rings is 3. The zero-order chi connectivity index (χ0) is 29.5. The summed E-state index contributed by atoms with van der Waals surface area (Å²) >= 11 is 0. The monoisotopic (exact) mass is 579 g/mol. The van der Waals surface area contributed by atoms with E-state index in [1.54, 1.807) is 30.5 Å². The largest absolute Gasteiger partial charge is 0.359 e. The van der Waals surface area contributed by atoms with Crippen LogP contribution in [0.15, 0.2) is 82.8 Å². The second-order valence-electron chi connectivity index (χ2n) is 9.32. The fraction of sp³-hybridized carbons (Fsp3) is 0.107. The summed E-state index contributed by atoms with van der Waals surface area (Å²) < 4.78 is 70.2. The molecule has 212 valence electrons. The number of hydrogen-bond donors (Lipinski definition) is 1. The van der Waals surface area contributed by atoms with Crippen molar-refractivity contribution in [3.05, 3.63) is 117 Å². The van der Waals surface area contributed by atoms with Crippen molar-refractivity contribution >= 4 is 33.3 Å². The number of aromatic nitrogens is 6. The van der Waals surface area contributed by atoms with Crippen LogP contribution in [0.4, 0.5) is 33.6 Å². The molecule has 0 aliphatic rings. The van der Waals surface area contributed by atoms with Crippen LogP contribution in [-0.2, 0) is 13.1 Å². The second kappa shape index (κ2) is 10.5. The number of nitrogens with one attached hydrogen (secondary N) is 1. The predicted molar refractivity (Wildman–Crippen MR) is 144 cm³/mol. The first kappa shape index (κ1) is 26.8. The van der Waals surface area contributed by atoms with E-state index in [4.69, 9.17) is 0 Å². The van der Waals surface area contributed by atoms with E-state index >= 15 is 0 Å². The van der Waals surface area contributed by atoms with Crippen LogP contribution in [0.1, 0.15) is 5.56 Å². The maximum absolute atomic E-state index is 14.1. The summed E-state index contributed by atoms with van der Waals surface area (Å²) in [6, 6.07) is 12.9. The van der Waals surface area contributed by atoms with Crippen molar-refractivity contribution in [2.24, 2.45) is 0 Å². The lowest BCUT2D eigenvalue weighted by Gasteiger charge is -2.16. The molecule has 0 saturated heterocycles. The van der Waals surface area contributed by atoms with Crippen molar-refractivity contribution in [1.29, 1.82) is 0 Å². The van der Waals surface area contributed by atoms with E-state index in [1.165, 1.54) is 30.6 Å². The van der Waals surface area contributed by atoms with E-state index in [1.807, 2.05) is 0 Å². The van der Waals surface area contributed by atoms with E-state index in [0.717, 1.165) is 25.9 Å². The standard InChI is InChI=1S/C28H18F5N7O2/c29-20-7-15(8-21(30)25(20)33)12-39-26(35-18-5-6-22-17(9-18)13-38(37-22)14-24(31)32)36-27(41)40(28(39)42)23-11-34-10-16-3-1-2-4-19(16)23/h1-11,13,24H,12,14H2,(H,35,36,41). The fourth-order valence-corrected chi connectivity index (χ4v) is 4.62. The van der Waals surface area contributed by atoms with Gasteiger partial charge in [0.25, 0.3) is 6.43 Å². The van der Waals surface area contributed by atoms with E-state index < -0.39 is 48.3 Å². The van der Waals surface area contributed by atoms with E-state index in [9.17, 15) is 31.5 Å². The summed E-state index contributed by atoms with van der Waals surface area (Å²) in [5.41, 5.74) is -1.17. The van der Waals surface area contributed by atoms with Gasteiger partial charge in [0.15, 0.2) is 17.5 Å². The smallest absolute Gasteiger partial charge is 0.325 e. The summed E-state index contributed by atoms with van der Waals surface area (Å²) in [5, 5.41) is 8.56. The Hall–Kier alpha value is -5.40. The minimum atomic E-state index is -2.61. The number of nitrogens with zero attached hydrogens (tertiary/aromatic N) is 6. The first-order chi connectivity index (χ1) is 20.2. The van der Waals surface area contributed by atoms with E-state index in [2.05, 4.69) is 20.4 Å². The lowest BCUT2D eigenvalue weighted by Crippen LogP contribution is -2.42. The minimum absolute atomic E-state index is 0.122. The van der Waals surface area contributed by atoms with Gasteiger partial charge in [-0.1, -0.05) is 24.3 Å². The molecule has 0 aliphatic carbocycles. The number of fused-ring (bicyclic) bond motifs is 2. The van der Waals surface area contributed by atoms with Crippen LogP contribution in [0.3, 0.4) is 0 Å². The van der Waals surface area contributed by atoms with Crippen molar-refractivity contribution in [2.45, 2.75) is 19.5 Å². The summed E-state index contributed by atoms with van der Waals surface area (Å²) in [5.74, 6) is -4.88. The highest BCUT2D eigenvalue weighted by Crippen LogP contribution is 2.23. The van der Waals surface area contributed by atoms with Gasteiger partial charge in [0.05, 0.1) is 23.9 Å². The van der Waals surface area contributed by atoms with Gasteiger partial charge in [0.2, 0.25) is 5.95 Å². The van der Waals surface area contributed by atoms with Crippen LogP contribution < -0.4 is 16.7 Å². The molecule has 3 aromatic heterocycles. The second-order valence-corrected chi connectivity index (χ2v) is 9.32. The Bertz CT molecular complexity index is 2080. The summed E-state index contributed by atoms with van der Waals surface area (Å²) in [4.78, 5) is 35.3.